The average molecular weight is 282 g/mol. The van der Waals surface area contributed by atoms with Gasteiger partial charge in [-0.2, -0.15) is 0 Å². The molecule has 0 radical (unpaired) electrons. The maximum absolute atomic E-state index is 5.41. The summed E-state index contributed by atoms with van der Waals surface area (Å²) >= 11 is 1.77. The van der Waals surface area contributed by atoms with Gasteiger partial charge in [-0.25, -0.2) is 0 Å². The number of nitrogens with zero attached hydrogens (tertiary/aromatic N) is 1. The zero-order chi connectivity index (χ0) is 13.9. The van der Waals surface area contributed by atoms with E-state index >= 15 is 0 Å². The van der Waals surface area contributed by atoms with Crippen LogP contribution in [-0.4, -0.2) is 12.6 Å². The minimum absolute atomic E-state index is 0.420. The summed E-state index contributed by atoms with van der Waals surface area (Å²) in [5.74, 6) is 6.02. The zero-order valence-electron chi connectivity index (χ0n) is 11.6. The van der Waals surface area contributed by atoms with Crippen molar-refractivity contribution in [1.29, 1.82) is 0 Å². The Balaban J connectivity index is 1.79. The van der Waals surface area contributed by atoms with E-state index in [1.807, 2.05) is 0 Å². The molecule has 1 aliphatic heterocycles. The van der Waals surface area contributed by atoms with Gasteiger partial charge in [0.15, 0.2) is 0 Å². The zero-order valence-corrected chi connectivity index (χ0v) is 12.4. The Bertz CT molecular complexity index is 663. The molecule has 2 aromatic rings. The van der Waals surface area contributed by atoms with Crippen molar-refractivity contribution in [2.24, 2.45) is 5.73 Å². The second-order valence-corrected chi connectivity index (χ2v) is 6.25. The summed E-state index contributed by atoms with van der Waals surface area (Å²) in [6, 6.07) is 13.5. The van der Waals surface area contributed by atoms with Crippen molar-refractivity contribution in [2.75, 3.05) is 11.4 Å². The summed E-state index contributed by atoms with van der Waals surface area (Å²) in [6.45, 7) is 3.68. The summed E-state index contributed by atoms with van der Waals surface area (Å²) in [5, 5.41) is 0. The van der Waals surface area contributed by atoms with Crippen LogP contribution in [0, 0.1) is 11.8 Å². The molecule has 1 aromatic heterocycles. The van der Waals surface area contributed by atoms with E-state index in [0.717, 1.165) is 17.8 Å². The molecule has 0 saturated heterocycles. The molecule has 0 aliphatic carbocycles. The molecule has 1 aliphatic rings. The molecule has 20 heavy (non-hydrogen) atoms. The third-order valence-corrected chi connectivity index (χ3v) is 4.64. The Kier molecular flexibility index (Phi) is 3.77. The highest BCUT2D eigenvalue weighted by Gasteiger charge is 2.25. The normalized spacial score (nSPS) is 16.7. The minimum atomic E-state index is 0.420. The number of hydrogen-bond donors (Lipinski definition) is 1. The van der Waals surface area contributed by atoms with Gasteiger partial charge in [0.05, 0.1) is 18.0 Å². The van der Waals surface area contributed by atoms with Crippen LogP contribution in [0.4, 0.5) is 5.69 Å². The largest absolute Gasteiger partial charge is 0.363 e. The molecule has 2 nitrogen and oxygen atoms in total. The molecule has 1 atom stereocenters. The quantitative estimate of drug-likeness (QED) is 0.858. The van der Waals surface area contributed by atoms with Crippen LogP contribution in [0.25, 0.3) is 0 Å². The van der Waals surface area contributed by atoms with Crippen molar-refractivity contribution in [2.45, 2.75) is 25.9 Å². The Hall–Kier alpha value is -1.76. The maximum Gasteiger partial charge on any atom is 0.0772 e. The fraction of sp³-hybridized carbons (Fsp3) is 0.294. The monoisotopic (exact) mass is 282 g/mol. The lowest BCUT2D eigenvalue weighted by atomic mass is 10.1. The molecule has 0 saturated carbocycles. The molecule has 102 valence electrons. The highest BCUT2D eigenvalue weighted by molar-refractivity contribution is 7.12. The van der Waals surface area contributed by atoms with Crippen molar-refractivity contribution in [3.63, 3.8) is 0 Å². The summed E-state index contributed by atoms with van der Waals surface area (Å²) in [7, 11) is 0. The highest BCUT2D eigenvalue weighted by atomic mass is 32.1. The highest BCUT2D eigenvalue weighted by Crippen LogP contribution is 2.33. The van der Waals surface area contributed by atoms with Gasteiger partial charge >= 0.3 is 0 Å². The first-order chi connectivity index (χ1) is 9.78. The standard InChI is InChI=1S/C17H18N2S/c1-13-11-14-5-2-3-7-17(14)19(13)12-16-9-8-15(20-16)6-4-10-18/h2-3,5,7-9,13H,10-12,18H2,1H3. The lowest BCUT2D eigenvalue weighted by molar-refractivity contribution is 0.676. The lowest BCUT2D eigenvalue weighted by Gasteiger charge is -2.24. The Morgan fingerprint density at radius 3 is 3.00 bits per heavy atom. The fourth-order valence-electron chi connectivity index (χ4n) is 2.71. The Morgan fingerprint density at radius 2 is 2.15 bits per heavy atom. The van der Waals surface area contributed by atoms with E-state index in [9.17, 15) is 0 Å². The molecule has 3 heteroatoms. The SMILES string of the molecule is CC1Cc2ccccc2N1Cc1ccc(C#CCN)s1. The van der Waals surface area contributed by atoms with Crippen molar-refractivity contribution in [1.82, 2.24) is 0 Å². The molecule has 0 fully saturated rings. The second-order valence-electron chi connectivity index (χ2n) is 5.08. The summed E-state index contributed by atoms with van der Waals surface area (Å²) in [4.78, 5) is 4.95. The van der Waals surface area contributed by atoms with E-state index in [1.165, 1.54) is 16.1 Å². The van der Waals surface area contributed by atoms with Crippen molar-refractivity contribution >= 4 is 17.0 Å². The number of benzene rings is 1. The summed E-state index contributed by atoms with van der Waals surface area (Å²) in [5.41, 5.74) is 8.25. The minimum Gasteiger partial charge on any atom is -0.363 e. The molecule has 2 heterocycles. The van der Waals surface area contributed by atoms with Crippen LogP contribution >= 0.6 is 11.3 Å². The molecule has 2 N–H and O–H groups in total. The van der Waals surface area contributed by atoms with Crippen molar-refractivity contribution < 1.29 is 0 Å². The van der Waals surface area contributed by atoms with Crippen LogP contribution in [0.5, 0.6) is 0 Å². The number of fused-ring (bicyclic) bond motifs is 1. The van der Waals surface area contributed by atoms with Crippen LogP contribution in [0.3, 0.4) is 0 Å². The lowest BCUT2D eigenvalue weighted by Crippen LogP contribution is -2.28. The fourth-order valence-corrected chi connectivity index (χ4v) is 3.59. The number of nitrogens with two attached hydrogens (primary N) is 1. The molecule has 0 bridgehead atoms. The Morgan fingerprint density at radius 1 is 1.30 bits per heavy atom. The van der Waals surface area contributed by atoms with E-state index in [4.69, 9.17) is 5.73 Å². The van der Waals surface area contributed by atoms with Gasteiger partial charge in [-0.3, -0.25) is 0 Å². The smallest absolute Gasteiger partial charge is 0.0772 e. The maximum atomic E-state index is 5.41. The van der Waals surface area contributed by atoms with Crippen LogP contribution in [-0.2, 0) is 13.0 Å². The third kappa shape index (κ3) is 2.58. The first kappa shape index (κ1) is 13.2. The van der Waals surface area contributed by atoms with Gasteiger partial charge in [-0.05, 0) is 37.1 Å². The number of rotatable bonds is 2. The van der Waals surface area contributed by atoms with Gasteiger partial charge in [0, 0.05) is 16.6 Å². The van der Waals surface area contributed by atoms with Crippen molar-refractivity contribution in [3.05, 3.63) is 51.7 Å². The molecular weight excluding hydrogens is 264 g/mol. The summed E-state index contributed by atoms with van der Waals surface area (Å²) in [6.07, 6.45) is 1.14. The van der Waals surface area contributed by atoms with Gasteiger partial charge in [-0.15, -0.1) is 11.3 Å². The first-order valence-corrected chi connectivity index (χ1v) is 7.72. The van der Waals surface area contributed by atoms with Gasteiger partial charge in [0.2, 0.25) is 0 Å². The molecule has 1 unspecified atom stereocenters. The summed E-state index contributed by atoms with van der Waals surface area (Å²) < 4.78 is 0. The number of thiophene rings is 1. The van der Waals surface area contributed by atoms with E-state index < -0.39 is 0 Å². The van der Waals surface area contributed by atoms with Gasteiger partial charge in [0.25, 0.3) is 0 Å². The van der Waals surface area contributed by atoms with E-state index in [1.54, 1.807) is 11.3 Å². The van der Waals surface area contributed by atoms with Gasteiger partial charge in [0.1, 0.15) is 0 Å². The van der Waals surface area contributed by atoms with Crippen LogP contribution in [0.15, 0.2) is 36.4 Å². The molecule has 3 rings (SSSR count). The van der Waals surface area contributed by atoms with E-state index in [0.29, 0.717) is 12.6 Å². The van der Waals surface area contributed by atoms with Gasteiger partial charge < -0.3 is 10.6 Å². The number of hydrogen-bond acceptors (Lipinski definition) is 3. The van der Waals surface area contributed by atoms with Crippen molar-refractivity contribution in [3.8, 4) is 11.8 Å². The predicted molar refractivity (Wildman–Crippen MR) is 86.0 cm³/mol. The van der Waals surface area contributed by atoms with Crippen LogP contribution in [0.1, 0.15) is 22.2 Å². The van der Waals surface area contributed by atoms with Crippen LogP contribution < -0.4 is 10.6 Å². The Labute approximate surface area is 124 Å². The molecular formula is C17H18N2S. The topological polar surface area (TPSA) is 29.3 Å². The number of anilines is 1. The third-order valence-electron chi connectivity index (χ3n) is 3.65. The van der Waals surface area contributed by atoms with Gasteiger partial charge in [-0.1, -0.05) is 30.0 Å². The second kappa shape index (κ2) is 5.70. The van der Waals surface area contributed by atoms with Crippen LogP contribution in [0.2, 0.25) is 0 Å². The predicted octanol–water partition coefficient (Wildman–Crippen LogP) is 3.01. The first-order valence-electron chi connectivity index (χ1n) is 6.90. The molecule has 1 aromatic carbocycles. The molecule has 0 spiro atoms. The average Bonchev–Trinajstić information content (AvgIpc) is 3.02. The van der Waals surface area contributed by atoms with E-state index in [-0.39, 0.29) is 0 Å². The number of para-hydroxylation sites is 1. The molecule has 0 amide bonds. The van der Waals surface area contributed by atoms with E-state index in [2.05, 4.69) is 60.1 Å².